The van der Waals surface area contributed by atoms with Crippen molar-refractivity contribution < 1.29 is 9.53 Å². The van der Waals surface area contributed by atoms with Crippen LogP contribution in [0.15, 0.2) is 35.5 Å². The molecule has 2 atom stereocenters. The Balaban J connectivity index is 2.22. The van der Waals surface area contributed by atoms with Gasteiger partial charge in [-0.05, 0) is 38.7 Å². The summed E-state index contributed by atoms with van der Waals surface area (Å²) in [6.45, 7) is 5.95. The minimum atomic E-state index is -0.246. The standard InChI is InChI=1S/C15H19ClO2/c1-10-4-3-5-12(9-16)6-7-13-11(2)15(17)18-14(13)8-10/h5,8,13-14H,2-4,6-7,9H2,1H3/b10-8+,12-5+/t13-,14+/m0/s1. The Bertz CT molecular complexity index is 420. The van der Waals surface area contributed by atoms with Crippen LogP contribution in [0.25, 0.3) is 0 Å². The minimum absolute atomic E-state index is 0.108. The van der Waals surface area contributed by atoms with Crippen LogP contribution in [0.2, 0.25) is 0 Å². The number of esters is 1. The van der Waals surface area contributed by atoms with E-state index in [4.69, 9.17) is 16.3 Å². The SMILES string of the molecule is C=C1C(=O)O[C@@H]2/C=C(\C)CC/C=C(/CCl)CC[C@@H]12. The molecule has 18 heavy (non-hydrogen) atoms. The number of fused-ring (bicyclic) bond motifs is 1. The van der Waals surface area contributed by atoms with Crippen LogP contribution in [0.4, 0.5) is 0 Å². The van der Waals surface area contributed by atoms with Crippen LogP contribution in [0.5, 0.6) is 0 Å². The van der Waals surface area contributed by atoms with E-state index in [0.717, 1.165) is 25.7 Å². The van der Waals surface area contributed by atoms with Crippen LogP contribution in [0.3, 0.4) is 0 Å². The average molecular weight is 267 g/mol. The molecule has 0 unspecified atom stereocenters. The molecule has 0 aromatic carbocycles. The lowest BCUT2D eigenvalue weighted by atomic mass is 9.88. The molecule has 1 aliphatic heterocycles. The molecular weight excluding hydrogens is 248 g/mol. The van der Waals surface area contributed by atoms with E-state index in [1.54, 1.807) is 0 Å². The quantitative estimate of drug-likeness (QED) is 0.313. The van der Waals surface area contributed by atoms with Crippen molar-refractivity contribution in [3.8, 4) is 0 Å². The van der Waals surface area contributed by atoms with Crippen molar-refractivity contribution in [1.82, 2.24) is 0 Å². The predicted octanol–water partition coefficient (Wildman–Crippen LogP) is 3.77. The fourth-order valence-electron chi connectivity index (χ4n) is 2.55. The van der Waals surface area contributed by atoms with Crippen molar-refractivity contribution in [3.05, 3.63) is 35.5 Å². The zero-order valence-corrected chi connectivity index (χ0v) is 11.5. The summed E-state index contributed by atoms with van der Waals surface area (Å²) in [6, 6.07) is 0. The van der Waals surface area contributed by atoms with Gasteiger partial charge in [0.2, 0.25) is 0 Å². The van der Waals surface area contributed by atoms with E-state index in [1.165, 1.54) is 11.1 Å². The third-order valence-corrected chi connectivity index (χ3v) is 4.06. The summed E-state index contributed by atoms with van der Waals surface area (Å²) in [7, 11) is 0. The molecule has 2 nitrogen and oxygen atoms in total. The van der Waals surface area contributed by atoms with Crippen LogP contribution >= 0.6 is 11.6 Å². The van der Waals surface area contributed by atoms with Gasteiger partial charge in [-0.15, -0.1) is 11.6 Å². The van der Waals surface area contributed by atoms with Crippen molar-refractivity contribution in [2.45, 2.75) is 38.7 Å². The first-order chi connectivity index (χ1) is 8.61. The summed E-state index contributed by atoms with van der Waals surface area (Å²) >= 11 is 5.94. The highest BCUT2D eigenvalue weighted by molar-refractivity contribution is 6.19. The Morgan fingerprint density at radius 1 is 1.50 bits per heavy atom. The number of carbonyl (C=O) groups excluding carboxylic acids is 1. The van der Waals surface area contributed by atoms with Gasteiger partial charge in [-0.3, -0.25) is 0 Å². The molecule has 98 valence electrons. The molecule has 0 aromatic rings. The van der Waals surface area contributed by atoms with Crippen molar-refractivity contribution >= 4 is 17.6 Å². The first-order valence-electron chi connectivity index (χ1n) is 6.42. The van der Waals surface area contributed by atoms with Gasteiger partial charge < -0.3 is 4.74 Å². The fourth-order valence-corrected chi connectivity index (χ4v) is 2.79. The third-order valence-electron chi connectivity index (χ3n) is 3.72. The second kappa shape index (κ2) is 5.75. The number of carbonyl (C=O) groups is 1. The lowest BCUT2D eigenvalue weighted by molar-refractivity contribution is -0.137. The molecule has 0 saturated carbocycles. The van der Waals surface area contributed by atoms with E-state index in [9.17, 15) is 4.79 Å². The van der Waals surface area contributed by atoms with Gasteiger partial charge >= 0.3 is 5.97 Å². The summed E-state index contributed by atoms with van der Waals surface area (Å²) in [4.78, 5) is 11.6. The average Bonchev–Trinajstić information content (AvgIpc) is 2.60. The van der Waals surface area contributed by atoms with Gasteiger partial charge in [0.15, 0.2) is 0 Å². The zero-order chi connectivity index (χ0) is 13.1. The largest absolute Gasteiger partial charge is 0.454 e. The summed E-state index contributed by atoms with van der Waals surface area (Å²) in [5, 5.41) is 0. The van der Waals surface area contributed by atoms with Crippen molar-refractivity contribution in [2.75, 3.05) is 5.88 Å². The molecule has 0 bridgehead atoms. The lowest BCUT2D eigenvalue weighted by Crippen LogP contribution is -2.15. The minimum Gasteiger partial charge on any atom is -0.454 e. The Kier molecular flexibility index (Phi) is 4.28. The van der Waals surface area contributed by atoms with Gasteiger partial charge in [0.05, 0.1) is 0 Å². The van der Waals surface area contributed by atoms with Gasteiger partial charge in [-0.1, -0.05) is 23.8 Å². The number of hydrogen-bond donors (Lipinski definition) is 0. The maximum absolute atomic E-state index is 11.6. The topological polar surface area (TPSA) is 26.3 Å². The molecule has 0 amide bonds. The number of allylic oxidation sites excluding steroid dienone is 3. The highest BCUT2D eigenvalue weighted by atomic mass is 35.5. The maximum atomic E-state index is 11.6. The third kappa shape index (κ3) is 2.86. The smallest absolute Gasteiger partial charge is 0.334 e. The lowest BCUT2D eigenvalue weighted by Gasteiger charge is -2.17. The number of halogens is 1. The second-order valence-electron chi connectivity index (χ2n) is 5.09. The van der Waals surface area contributed by atoms with E-state index in [1.807, 2.05) is 0 Å². The van der Waals surface area contributed by atoms with Gasteiger partial charge in [-0.2, -0.15) is 0 Å². The molecule has 1 heterocycles. The fraction of sp³-hybridized carbons (Fsp3) is 0.533. The van der Waals surface area contributed by atoms with E-state index < -0.39 is 0 Å². The molecule has 3 heteroatoms. The highest BCUT2D eigenvalue weighted by Gasteiger charge is 2.37. The molecule has 0 radical (unpaired) electrons. The van der Waals surface area contributed by atoms with Crippen LogP contribution in [-0.2, 0) is 9.53 Å². The number of hydrogen-bond acceptors (Lipinski definition) is 2. The Morgan fingerprint density at radius 3 is 3.00 bits per heavy atom. The van der Waals surface area contributed by atoms with Crippen molar-refractivity contribution in [1.29, 1.82) is 0 Å². The van der Waals surface area contributed by atoms with Gasteiger partial charge in [0, 0.05) is 17.4 Å². The van der Waals surface area contributed by atoms with Gasteiger partial charge in [0.25, 0.3) is 0 Å². The van der Waals surface area contributed by atoms with Gasteiger partial charge in [0.1, 0.15) is 6.10 Å². The molecule has 0 N–H and O–H groups in total. The maximum Gasteiger partial charge on any atom is 0.334 e. The number of ether oxygens (including phenoxy) is 1. The van der Waals surface area contributed by atoms with E-state index in [0.29, 0.717) is 11.5 Å². The summed E-state index contributed by atoms with van der Waals surface area (Å²) in [5.74, 6) is 0.434. The van der Waals surface area contributed by atoms with Crippen molar-refractivity contribution in [2.24, 2.45) is 5.92 Å². The monoisotopic (exact) mass is 266 g/mol. The summed E-state index contributed by atoms with van der Waals surface area (Å²) in [6.07, 6.45) is 8.00. The van der Waals surface area contributed by atoms with Crippen molar-refractivity contribution in [3.63, 3.8) is 0 Å². The van der Waals surface area contributed by atoms with Crippen LogP contribution in [0.1, 0.15) is 32.6 Å². The Hall–Kier alpha value is -1.02. The number of alkyl halides is 1. The highest BCUT2D eigenvalue weighted by Crippen LogP contribution is 2.34. The Labute approximate surface area is 113 Å². The molecule has 0 spiro atoms. The molecule has 1 saturated heterocycles. The molecule has 1 aliphatic carbocycles. The molecule has 2 rings (SSSR count). The second-order valence-corrected chi connectivity index (χ2v) is 5.36. The van der Waals surface area contributed by atoms with E-state index in [-0.39, 0.29) is 18.0 Å². The molecule has 1 fully saturated rings. The normalized spacial score (nSPS) is 35.0. The van der Waals surface area contributed by atoms with E-state index in [2.05, 4.69) is 25.7 Å². The van der Waals surface area contributed by atoms with Crippen LogP contribution < -0.4 is 0 Å². The Morgan fingerprint density at radius 2 is 2.28 bits per heavy atom. The molecular formula is C15H19ClO2. The van der Waals surface area contributed by atoms with Crippen LogP contribution in [-0.4, -0.2) is 18.0 Å². The molecule has 0 aromatic heterocycles. The summed E-state index contributed by atoms with van der Waals surface area (Å²) < 4.78 is 5.38. The predicted molar refractivity (Wildman–Crippen MR) is 73.5 cm³/mol. The first-order valence-corrected chi connectivity index (χ1v) is 6.96. The van der Waals surface area contributed by atoms with Gasteiger partial charge in [-0.25, -0.2) is 4.79 Å². The van der Waals surface area contributed by atoms with E-state index >= 15 is 0 Å². The summed E-state index contributed by atoms with van der Waals surface area (Å²) in [5.41, 5.74) is 3.13. The number of rotatable bonds is 1. The molecule has 2 aliphatic rings. The first kappa shape index (κ1) is 13.4. The zero-order valence-electron chi connectivity index (χ0n) is 10.7. The van der Waals surface area contributed by atoms with Crippen LogP contribution in [0, 0.1) is 5.92 Å².